The standard InChI is InChI=1S/C26H28N4O2S/c31-26(28-24-13-17-30(29-24)16-12-19-10-14-27-15-11-19)25-22(18-33-20-6-2-1-3-7-20)21-8-4-5-9-23(21)32-25/h4-5,8-11,13-15,17,20H,1-3,6-7,12,16,18H2,(H,28,29,31). The SMILES string of the molecule is O=C(Nc1ccn(CCc2ccncc2)n1)c1oc2ccccc2c1CSC1CCCCC1. The van der Waals surface area contributed by atoms with Crippen molar-refractivity contribution in [1.29, 1.82) is 0 Å². The summed E-state index contributed by atoms with van der Waals surface area (Å²) in [7, 11) is 0. The number of para-hydroxylation sites is 1. The third-order valence-electron chi connectivity index (χ3n) is 6.18. The molecule has 33 heavy (non-hydrogen) atoms. The summed E-state index contributed by atoms with van der Waals surface area (Å²) < 4.78 is 7.86. The van der Waals surface area contributed by atoms with E-state index in [2.05, 4.69) is 15.4 Å². The molecule has 3 heterocycles. The highest BCUT2D eigenvalue weighted by Crippen LogP contribution is 2.35. The highest BCUT2D eigenvalue weighted by molar-refractivity contribution is 7.99. The van der Waals surface area contributed by atoms with Gasteiger partial charge in [0, 0.05) is 53.2 Å². The zero-order chi connectivity index (χ0) is 22.5. The predicted molar refractivity (Wildman–Crippen MR) is 133 cm³/mol. The van der Waals surface area contributed by atoms with Gasteiger partial charge >= 0.3 is 0 Å². The van der Waals surface area contributed by atoms with E-state index in [1.54, 1.807) is 12.4 Å². The summed E-state index contributed by atoms with van der Waals surface area (Å²) in [6.07, 6.45) is 12.8. The van der Waals surface area contributed by atoms with Crippen LogP contribution < -0.4 is 5.32 Å². The lowest BCUT2D eigenvalue weighted by Gasteiger charge is -2.20. The zero-order valence-corrected chi connectivity index (χ0v) is 19.4. The summed E-state index contributed by atoms with van der Waals surface area (Å²) in [5, 5.41) is 9.14. The second-order valence-electron chi connectivity index (χ2n) is 8.50. The number of furan rings is 1. The van der Waals surface area contributed by atoms with Crippen LogP contribution in [0.25, 0.3) is 11.0 Å². The Kier molecular flexibility index (Phi) is 6.76. The van der Waals surface area contributed by atoms with E-state index in [4.69, 9.17) is 4.42 Å². The lowest BCUT2D eigenvalue weighted by molar-refractivity contribution is 0.0997. The minimum Gasteiger partial charge on any atom is -0.451 e. The van der Waals surface area contributed by atoms with Gasteiger partial charge in [-0.3, -0.25) is 14.5 Å². The molecule has 4 aromatic rings. The van der Waals surface area contributed by atoms with E-state index in [1.165, 1.54) is 37.7 Å². The minimum absolute atomic E-state index is 0.246. The van der Waals surface area contributed by atoms with E-state index >= 15 is 0 Å². The molecule has 0 atom stereocenters. The maximum absolute atomic E-state index is 13.2. The molecule has 170 valence electrons. The molecule has 3 aromatic heterocycles. The number of anilines is 1. The molecule has 0 saturated heterocycles. The van der Waals surface area contributed by atoms with Crippen molar-refractivity contribution in [2.24, 2.45) is 0 Å². The molecule has 6 nitrogen and oxygen atoms in total. The Morgan fingerprint density at radius 3 is 2.76 bits per heavy atom. The van der Waals surface area contributed by atoms with Gasteiger partial charge in [0.05, 0.1) is 0 Å². The van der Waals surface area contributed by atoms with Crippen molar-refractivity contribution in [2.75, 3.05) is 5.32 Å². The summed E-state index contributed by atoms with van der Waals surface area (Å²) in [6.45, 7) is 0.730. The van der Waals surface area contributed by atoms with Gasteiger partial charge in [-0.15, -0.1) is 0 Å². The smallest absolute Gasteiger partial charge is 0.292 e. The molecule has 1 fully saturated rings. The first-order chi connectivity index (χ1) is 16.3. The third kappa shape index (κ3) is 5.30. The van der Waals surface area contributed by atoms with Gasteiger partial charge in [-0.1, -0.05) is 37.5 Å². The number of nitrogens with zero attached hydrogens (tertiary/aromatic N) is 3. The van der Waals surface area contributed by atoms with Crippen molar-refractivity contribution in [3.8, 4) is 0 Å². The van der Waals surface area contributed by atoms with E-state index < -0.39 is 0 Å². The maximum atomic E-state index is 13.2. The van der Waals surface area contributed by atoms with E-state index in [0.29, 0.717) is 16.8 Å². The number of thioether (sulfide) groups is 1. The fourth-order valence-electron chi connectivity index (χ4n) is 4.38. The first-order valence-electron chi connectivity index (χ1n) is 11.6. The van der Waals surface area contributed by atoms with Crippen LogP contribution in [0.1, 0.15) is 53.8 Å². The molecule has 0 radical (unpaired) electrons. The summed E-state index contributed by atoms with van der Waals surface area (Å²) >= 11 is 1.95. The molecular formula is C26H28N4O2S. The second kappa shape index (κ2) is 10.3. The summed E-state index contributed by atoms with van der Waals surface area (Å²) in [5.41, 5.74) is 2.94. The fourth-order valence-corrected chi connectivity index (χ4v) is 5.73. The van der Waals surface area contributed by atoms with Crippen LogP contribution >= 0.6 is 11.8 Å². The number of pyridine rings is 1. The maximum Gasteiger partial charge on any atom is 0.292 e. The average Bonchev–Trinajstić information content (AvgIpc) is 3.47. The molecule has 7 heteroatoms. The van der Waals surface area contributed by atoms with Gasteiger partial charge < -0.3 is 9.73 Å². The van der Waals surface area contributed by atoms with Gasteiger partial charge in [0.2, 0.25) is 0 Å². The number of benzene rings is 1. The monoisotopic (exact) mass is 460 g/mol. The number of rotatable bonds is 8. The first-order valence-corrected chi connectivity index (χ1v) is 12.7. The van der Waals surface area contributed by atoms with Crippen LogP contribution in [0, 0.1) is 0 Å². The van der Waals surface area contributed by atoms with Crippen molar-refractivity contribution >= 4 is 34.5 Å². The summed E-state index contributed by atoms with van der Waals surface area (Å²) in [5.74, 6) is 1.46. The van der Waals surface area contributed by atoms with E-state index in [9.17, 15) is 4.79 Å². The topological polar surface area (TPSA) is 73.0 Å². The largest absolute Gasteiger partial charge is 0.451 e. The van der Waals surface area contributed by atoms with Gasteiger partial charge in [-0.25, -0.2) is 0 Å². The first kappa shape index (κ1) is 21.8. The molecule has 1 aromatic carbocycles. The number of hydrogen-bond acceptors (Lipinski definition) is 5. The van der Waals surface area contributed by atoms with Crippen molar-refractivity contribution < 1.29 is 9.21 Å². The second-order valence-corrected chi connectivity index (χ2v) is 9.79. The number of hydrogen-bond donors (Lipinski definition) is 1. The van der Waals surface area contributed by atoms with E-state index in [0.717, 1.165) is 35.3 Å². The van der Waals surface area contributed by atoms with Crippen LogP contribution in [0.15, 0.2) is 65.5 Å². The Bertz CT molecular complexity index is 1210. The fraction of sp³-hybridized carbons (Fsp3) is 0.346. The third-order valence-corrected chi connectivity index (χ3v) is 7.58. The number of aryl methyl sites for hydroxylation is 2. The molecular weight excluding hydrogens is 432 g/mol. The minimum atomic E-state index is -0.246. The van der Waals surface area contributed by atoms with Gasteiger partial charge in [0.15, 0.2) is 11.6 Å². The van der Waals surface area contributed by atoms with Crippen LogP contribution in [0.3, 0.4) is 0 Å². The molecule has 1 aliphatic carbocycles. The van der Waals surface area contributed by atoms with Gasteiger partial charge in [0.1, 0.15) is 5.58 Å². The normalized spacial score (nSPS) is 14.5. The van der Waals surface area contributed by atoms with Crippen LogP contribution in [0.4, 0.5) is 5.82 Å². The molecule has 0 aliphatic heterocycles. The molecule has 1 aliphatic rings. The van der Waals surface area contributed by atoms with Crippen LogP contribution in [0.5, 0.6) is 0 Å². The Morgan fingerprint density at radius 2 is 1.91 bits per heavy atom. The Morgan fingerprint density at radius 1 is 1.09 bits per heavy atom. The lowest BCUT2D eigenvalue weighted by Crippen LogP contribution is -2.14. The van der Waals surface area contributed by atoms with Gasteiger partial charge in [-0.2, -0.15) is 16.9 Å². The van der Waals surface area contributed by atoms with Crippen molar-refractivity contribution in [3.63, 3.8) is 0 Å². The van der Waals surface area contributed by atoms with Crippen LogP contribution in [-0.4, -0.2) is 25.9 Å². The number of carbonyl (C=O) groups excluding carboxylic acids is 1. The molecule has 1 saturated carbocycles. The van der Waals surface area contributed by atoms with Crippen molar-refractivity contribution in [2.45, 2.75) is 56.1 Å². The quantitative estimate of drug-likeness (QED) is 0.345. The number of amides is 1. The Labute approximate surface area is 197 Å². The van der Waals surface area contributed by atoms with Gasteiger partial charge in [0.25, 0.3) is 5.91 Å². The van der Waals surface area contributed by atoms with E-state index in [-0.39, 0.29) is 5.91 Å². The summed E-state index contributed by atoms with van der Waals surface area (Å²) in [4.78, 5) is 17.2. The molecule has 1 amide bonds. The predicted octanol–water partition coefficient (Wildman–Crippen LogP) is 6.09. The Balaban J connectivity index is 1.28. The number of aromatic nitrogens is 3. The molecule has 0 unspecified atom stereocenters. The highest BCUT2D eigenvalue weighted by Gasteiger charge is 2.23. The van der Waals surface area contributed by atoms with Crippen LogP contribution in [0.2, 0.25) is 0 Å². The highest BCUT2D eigenvalue weighted by atomic mass is 32.2. The molecule has 5 rings (SSSR count). The number of nitrogens with one attached hydrogen (secondary N) is 1. The molecule has 0 spiro atoms. The van der Waals surface area contributed by atoms with Crippen molar-refractivity contribution in [3.05, 3.63) is 77.9 Å². The van der Waals surface area contributed by atoms with Gasteiger partial charge in [-0.05, 0) is 43.0 Å². The average molecular weight is 461 g/mol. The van der Waals surface area contributed by atoms with Crippen molar-refractivity contribution in [1.82, 2.24) is 14.8 Å². The summed E-state index contributed by atoms with van der Waals surface area (Å²) in [6, 6.07) is 13.7. The van der Waals surface area contributed by atoms with E-state index in [1.807, 2.05) is 65.1 Å². The zero-order valence-electron chi connectivity index (χ0n) is 18.6. The Hall–Kier alpha value is -3.06. The van der Waals surface area contributed by atoms with Crippen LogP contribution in [-0.2, 0) is 18.7 Å². The number of carbonyl (C=O) groups is 1. The molecule has 0 bridgehead atoms. The number of fused-ring (bicyclic) bond motifs is 1. The lowest BCUT2D eigenvalue weighted by atomic mass is 10.0. The molecule has 1 N–H and O–H groups in total.